The number of aryl methyl sites for hydroxylation is 1. The third-order valence-electron chi connectivity index (χ3n) is 5.39. The Labute approximate surface area is 161 Å². The first kappa shape index (κ1) is 19.5. The number of hydrogen-bond donors (Lipinski definition) is 3. The average molecular weight is 369 g/mol. The molecule has 0 saturated carbocycles. The normalized spacial score (nSPS) is 23.2. The van der Waals surface area contributed by atoms with Crippen LogP contribution < -0.4 is 11.1 Å². The van der Waals surface area contributed by atoms with Crippen LogP contribution in [0.4, 0.5) is 0 Å². The molecule has 1 fully saturated rings. The Morgan fingerprint density at radius 2 is 1.78 bits per heavy atom. The number of nitrogens with zero attached hydrogens (tertiary/aromatic N) is 1. The van der Waals surface area contributed by atoms with E-state index in [4.69, 9.17) is 5.11 Å². The first-order chi connectivity index (χ1) is 13.1. The fraction of sp³-hybridized carbons (Fsp3) is 0.409. The number of aliphatic carboxylic acids is 1. The van der Waals surface area contributed by atoms with E-state index in [0.717, 1.165) is 25.9 Å². The Kier molecular flexibility index (Phi) is 6.98. The Bertz CT molecular complexity index is 708. The molecule has 1 aliphatic heterocycles. The minimum atomic E-state index is -0.731. The molecule has 3 atom stereocenters. The van der Waals surface area contributed by atoms with Crippen molar-refractivity contribution in [3.05, 3.63) is 71.8 Å². The monoisotopic (exact) mass is 368 g/mol. The van der Waals surface area contributed by atoms with Gasteiger partial charge in [0.05, 0.1) is 6.04 Å². The van der Waals surface area contributed by atoms with Crippen molar-refractivity contribution < 1.29 is 15.6 Å². The molecule has 3 rings (SSSR count). The van der Waals surface area contributed by atoms with E-state index in [-0.39, 0.29) is 24.7 Å². The highest BCUT2D eigenvalue weighted by Crippen LogP contribution is 2.23. The van der Waals surface area contributed by atoms with Crippen molar-refractivity contribution in [2.45, 2.75) is 43.9 Å². The molecule has 2 aromatic carbocycles. The zero-order chi connectivity index (χ0) is 19.1. The standard InChI is InChI=1S/C22H29N3O2/c23-22-19(14-13-17-8-3-1-4-9-17)24-20(18-10-5-2-6-11-18)16-25(22)15-7-12-21(26)27/h1-6,8-11,19-20,22,24H,7,12-16,23H2,(H,26,27)/p+1. The van der Waals surface area contributed by atoms with E-state index >= 15 is 0 Å². The van der Waals surface area contributed by atoms with Crippen LogP contribution in [0.2, 0.25) is 0 Å². The van der Waals surface area contributed by atoms with Gasteiger partial charge in [-0.3, -0.25) is 15.0 Å². The topological polar surface area (TPSA) is 80.2 Å². The Hall–Kier alpha value is -2.21. The average Bonchev–Trinajstić information content (AvgIpc) is 2.69. The lowest BCUT2D eigenvalue weighted by Crippen LogP contribution is -2.79. The van der Waals surface area contributed by atoms with E-state index in [1.807, 2.05) is 12.1 Å². The number of hydrogen-bond acceptors (Lipinski definition) is 3. The minimum absolute atomic E-state index is 0.141. The van der Waals surface area contributed by atoms with Crippen molar-refractivity contribution in [3.8, 4) is 0 Å². The van der Waals surface area contributed by atoms with Gasteiger partial charge >= 0.3 is 5.97 Å². The highest BCUT2D eigenvalue weighted by atomic mass is 16.4. The van der Waals surface area contributed by atoms with Crippen LogP contribution in [0.5, 0.6) is 0 Å². The third kappa shape index (κ3) is 5.63. The van der Waals surface area contributed by atoms with Crippen LogP contribution in [0.3, 0.4) is 0 Å². The summed E-state index contributed by atoms with van der Waals surface area (Å²) in [6.07, 6.45) is 3.03. The number of carboxylic acid groups (broad SMARTS) is 1. The summed E-state index contributed by atoms with van der Waals surface area (Å²) < 4.78 is 0. The summed E-state index contributed by atoms with van der Waals surface area (Å²) in [6.45, 7) is 1.63. The highest BCUT2D eigenvalue weighted by molar-refractivity contribution is 5.66. The molecule has 144 valence electrons. The quantitative estimate of drug-likeness (QED) is 0.666. The van der Waals surface area contributed by atoms with Crippen LogP contribution in [-0.2, 0) is 11.2 Å². The molecule has 0 aromatic heterocycles. The van der Waals surface area contributed by atoms with Crippen molar-refractivity contribution in [3.63, 3.8) is 0 Å². The van der Waals surface area contributed by atoms with Gasteiger partial charge in [0.2, 0.25) is 0 Å². The highest BCUT2D eigenvalue weighted by Gasteiger charge is 2.36. The number of carboxylic acids is 1. The van der Waals surface area contributed by atoms with Crippen LogP contribution in [-0.4, -0.2) is 41.3 Å². The summed E-state index contributed by atoms with van der Waals surface area (Å²) >= 11 is 0. The lowest BCUT2D eigenvalue weighted by atomic mass is 9.95. The fourth-order valence-corrected chi connectivity index (χ4v) is 3.87. The molecule has 27 heavy (non-hydrogen) atoms. The van der Waals surface area contributed by atoms with E-state index in [2.05, 4.69) is 64.5 Å². The van der Waals surface area contributed by atoms with Gasteiger partial charge in [-0.2, -0.15) is 0 Å². The number of nitrogens with one attached hydrogen (secondary N) is 1. The molecule has 0 spiro atoms. The molecule has 2 aromatic rings. The van der Waals surface area contributed by atoms with Gasteiger partial charge in [0, 0.05) is 25.6 Å². The number of quaternary nitrogens is 1. The Morgan fingerprint density at radius 1 is 1.11 bits per heavy atom. The minimum Gasteiger partial charge on any atom is -0.481 e. The van der Waals surface area contributed by atoms with Gasteiger partial charge in [-0.1, -0.05) is 60.7 Å². The van der Waals surface area contributed by atoms with E-state index in [9.17, 15) is 4.79 Å². The first-order valence-corrected chi connectivity index (χ1v) is 9.77. The molecule has 3 unspecified atom stereocenters. The van der Waals surface area contributed by atoms with Gasteiger partial charge in [0.1, 0.15) is 0 Å². The molecule has 1 aliphatic rings. The van der Waals surface area contributed by atoms with Crippen molar-refractivity contribution in [2.75, 3.05) is 13.1 Å². The van der Waals surface area contributed by atoms with Crippen molar-refractivity contribution in [1.82, 2.24) is 10.2 Å². The zero-order valence-electron chi connectivity index (χ0n) is 15.8. The molecule has 0 aliphatic carbocycles. The van der Waals surface area contributed by atoms with Gasteiger partial charge < -0.3 is 10.8 Å². The van der Waals surface area contributed by atoms with E-state index in [0.29, 0.717) is 6.42 Å². The van der Waals surface area contributed by atoms with Gasteiger partial charge in [-0.25, -0.2) is 0 Å². The second-order valence-electron chi connectivity index (χ2n) is 7.32. The molecule has 5 N–H and O–H groups in total. The summed E-state index contributed by atoms with van der Waals surface area (Å²) in [5, 5.41) is 12.8. The zero-order valence-corrected chi connectivity index (χ0v) is 15.8. The van der Waals surface area contributed by atoms with E-state index in [1.165, 1.54) is 11.1 Å². The van der Waals surface area contributed by atoms with Crippen LogP contribution >= 0.6 is 0 Å². The molecule has 5 nitrogen and oxygen atoms in total. The SMILES string of the molecule is [NH3+]C1C(CCc2ccccc2)NC(c2ccccc2)CN1CCCC(=O)O. The summed E-state index contributed by atoms with van der Waals surface area (Å²) in [5.41, 5.74) is 7.03. The molecule has 5 heteroatoms. The van der Waals surface area contributed by atoms with Crippen LogP contribution in [0.1, 0.15) is 36.4 Å². The number of benzene rings is 2. The van der Waals surface area contributed by atoms with Crippen LogP contribution in [0.25, 0.3) is 0 Å². The number of carbonyl (C=O) groups is 1. The largest absolute Gasteiger partial charge is 0.481 e. The Balaban J connectivity index is 1.68. The molecule has 1 saturated heterocycles. The predicted octanol–water partition coefficient (Wildman–Crippen LogP) is 2.07. The van der Waals surface area contributed by atoms with E-state index in [1.54, 1.807) is 0 Å². The molecule has 0 amide bonds. The third-order valence-corrected chi connectivity index (χ3v) is 5.39. The van der Waals surface area contributed by atoms with Crippen LogP contribution in [0, 0.1) is 0 Å². The maximum atomic E-state index is 10.9. The van der Waals surface area contributed by atoms with Crippen LogP contribution in [0.15, 0.2) is 60.7 Å². The smallest absolute Gasteiger partial charge is 0.303 e. The van der Waals surface area contributed by atoms with Gasteiger partial charge in [0.15, 0.2) is 6.17 Å². The molecule has 0 bridgehead atoms. The van der Waals surface area contributed by atoms with E-state index < -0.39 is 5.97 Å². The lowest BCUT2D eigenvalue weighted by Gasteiger charge is -2.42. The summed E-state index contributed by atoms with van der Waals surface area (Å²) in [7, 11) is 0. The summed E-state index contributed by atoms with van der Waals surface area (Å²) in [4.78, 5) is 13.2. The first-order valence-electron chi connectivity index (χ1n) is 9.77. The molecule has 1 heterocycles. The number of rotatable bonds is 8. The molecular formula is C22H30N3O2+. The second-order valence-corrected chi connectivity index (χ2v) is 7.32. The van der Waals surface area contributed by atoms with Crippen molar-refractivity contribution >= 4 is 5.97 Å². The van der Waals surface area contributed by atoms with Gasteiger partial charge in [-0.05, 0) is 30.4 Å². The fourth-order valence-electron chi connectivity index (χ4n) is 3.87. The molecular weight excluding hydrogens is 338 g/mol. The summed E-state index contributed by atoms with van der Waals surface area (Å²) in [6, 6.07) is 21.5. The van der Waals surface area contributed by atoms with Gasteiger partial charge in [-0.15, -0.1) is 0 Å². The van der Waals surface area contributed by atoms with Crippen molar-refractivity contribution in [1.29, 1.82) is 0 Å². The maximum Gasteiger partial charge on any atom is 0.303 e. The summed E-state index contributed by atoms with van der Waals surface area (Å²) in [5.74, 6) is -0.731. The second kappa shape index (κ2) is 9.65. The lowest BCUT2D eigenvalue weighted by molar-refractivity contribution is -0.470. The number of piperazine rings is 1. The van der Waals surface area contributed by atoms with Crippen molar-refractivity contribution in [2.24, 2.45) is 0 Å². The maximum absolute atomic E-state index is 10.9. The Morgan fingerprint density at radius 3 is 2.44 bits per heavy atom. The predicted molar refractivity (Wildman–Crippen MR) is 106 cm³/mol. The molecule has 0 radical (unpaired) electrons. The van der Waals surface area contributed by atoms with Gasteiger partial charge in [0.25, 0.3) is 0 Å².